The van der Waals surface area contributed by atoms with Gasteiger partial charge in [-0.05, 0) is 44.7 Å². The Labute approximate surface area is 101 Å². The van der Waals surface area contributed by atoms with Crippen LogP contribution in [-0.4, -0.2) is 11.2 Å². The van der Waals surface area contributed by atoms with Gasteiger partial charge in [-0.1, -0.05) is 6.42 Å². The lowest BCUT2D eigenvalue weighted by Gasteiger charge is -2.23. The molecule has 17 heavy (non-hydrogen) atoms. The van der Waals surface area contributed by atoms with Crippen LogP contribution in [0.5, 0.6) is 5.75 Å². The molecule has 94 valence electrons. The second kappa shape index (κ2) is 5.50. The van der Waals surface area contributed by atoms with E-state index in [0.29, 0.717) is 11.3 Å². The molecule has 2 rings (SSSR count). The SMILES string of the molecule is C[C@H](O)c1ccc(OC2CCCCC2)cc1F. The van der Waals surface area contributed by atoms with Gasteiger partial charge >= 0.3 is 0 Å². The van der Waals surface area contributed by atoms with Crippen LogP contribution < -0.4 is 4.74 Å². The van der Waals surface area contributed by atoms with Crippen molar-refractivity contribution in [1.29, 1.82) is 0 Å². The van der Waals surface area contributed by atoms with E-state index in [-0.39, 0.29) is 6.10 Å². The minimum atomic E-state index is -0.779. The van der Waals surface area contributed by atoms with Crippen LogP contribution in [0.3, 0.4) is 0 Å². The molecule has 0 unspecified atom stereocenters. The molecule has 0 saturated heterocycles. The van der Waals surface area contributed by atoms with E-state index in [0.717, 1.165) is 12.8 Å². The lowest BCUT2D eigenvalue weighted by atomic mass is 9.98. The van der Waals surface area contributed by atoms with Crippen molar-refractivity contribution < 1.29 is 14.2 Å². The first-order valence-corrected chi connectivity index (χ1v) is 6.31. The number of halogens is 1. The van der Waals surface area contributed by atoms with Gasteiger partial charge < -0.3 is 9.84 Å². The Morgan fingerprint density at radius 2 is 2.00 bits per heavy atom. The quantitative estimate of drug-likeness (QED) is 0.872. The predicted molar refractivity (Wildman–Crippen MR) is 64.5 cm³/mol. The highest BCUT2D eigenvalue weighted by molar-refractivity contribution is 5.30. The summed E-state index contributed by atoms with van der Waals surface area (Å²) in [6.07, 6.45) is 5.21. The fourth-order valence-electron chi connectivity index (χ4n) is 2.30. The van der Waals surface area contributed by atoms with Crippen molar-refractivity contribution in [3.63, 3.8) is 0 Å². The lowest BCUT2D eigenvalue weighted by molar-refractivity contribution is 0.154. The van der Waals surface area contributed by atoms with Crippen LogP contribution in [0.25, 0.3) is 0 Å². The summed E-state index contributed by atoms with van der Waals surface area (Å²) in [5, 5.41) is 9.34. The Hall–Kier alpha value is -1.09. The summed E-state index contributed by atoms with van der Waals surface area (Å²) in [4.78, 5) is 0. The molecule has 0 spiro atoms. The van der Waals surface area contributed by atoms with E-state index < -0.39 is 11.9 Å². The first-order chi connectivity index (χ1) is 8.16. The maximum absolute atomic E-state index is 13.6. The van der Waals surface area contributed by atoms with Gasteiger partial charge in [-0.25, -0.2) is 4.39 Å². The third kappa shape index (κ3) is 3.19. The number of hydrogen-bond acceptors (Lipinski definition) is 2. The molecule has 1 aliphatic carbocycles. The molecule has 1 N–H and O–H groups in total. The van der Waals surface area contributed by atoms with E-state index in [1.54, 1.807) is 19.1 Å². The number of aliphatic hydroxyl groups excluding tert-OH is 1. The fourth-order valence-corrected chi connectivity index (χ4v) is 2.30. The summed E-state index contributed by atoms with van der Waals surface area (Å²) < 4.78 is 19.4. The third-order valence-electron chi connectivity index (χ3n) is 3.28. The van der Waals surface area contributed by atoms with E-state index in [1.165, 1.54) is 25.3 Å². The lowest BCUT2D eigenvalue weighted by Crippen LogP contribution is -2.19. The highest BCUT2D eigenvalue weighted by Crippen LogP contribution is 2.26. The van der Waals surface area contributed by atoms with Gasteiger partial charge in [-0.3, -0.25) is 0 Å². The zero-order valence-corrected chi connectivity index (χ0v) is 10.2. The van der Waals surface area contributed by atoms with Crippen LogP contribution >= 0.6 is 0 Å². The zero-order chi connectivity index (χ0) is 12.3. The zero-order valence-electron chi connectivity index (χ0n) is 10.2. The van der Waals surface area contributed by atoms with Crippen molar-refractivity contribution >= 4 is 0 Å². The number of rotatable bonds is 3. The van der Waals surface area contributed by atoms with Crippen molar-refractivity contribution in [3.8, 4) is 5.75 Å². The molecular weight excluding hydrogens is 219 g/mol. The van der Waals surface area contributed by atoms with Gasteiger partial charge in [0.05, 0.1) is 12.2 Å². The average molecular weight is 238 g/mol. The van der Waals surface area contributed by atoms with Crippen LogP contribution in [0.4, 0.5) is 4.39 Å². The molecule has 2 nitrogen and oxygen atoms in total. The van der Waals surface area contributed by atoms with Crippen molar-refractivity contribution in [1.82, 2.24) is 0 Å². The predicted octanol–water partition coefficient (Wildman–Crippen LogP) is 3.59. The molecule has 1 aliphatic rings. The van der Waals surface area contributed by atoms with Gasteiger partial charge in [-0.2, -0.15) is 0 Å². The first-order valence-electron chi connectivity index (χ1n) is 6.31. The van der Waals surface area contributed by atoms with Crippen molar-refractivity contribution in [2.75, 3.05) is 0 Å². The van der Waals surface area contributed by atoms with Crippen LogP contribution in [0.1, 0.15) is 50.7 Å². The van der Waals surface area contributed by atoms with E-state index in [1.807, 2.05) is 0 Å². The Kier molecular flexibility index (Phi) is 4.00. The van der Waals surface area contributed by atoms with Gasteiger partial charge in [0, 0.05) is 11.6 Å². The number of aliphatic hydroxyl groups is 1. The van der Waals surface area contributed by atoms with Crippen molar-refractivity contribution in [2.45, 2.75) is 51.2 Å². The maximum atomic E-state index is 13.6. The molecule has 3 heteroatoms. The summed E-state index contributed by atoms with van der Waals surface area (Å²) in [7, 11) is 0. The smallest absolute Gasteiger partial charge is 0.132 e. The summed E-state index contributed by atoms with van der Waals surface area (Å²) in [6.45, 7) is 1.56. The van der Waals surface area contributed by atoms with E-state index in [9.17, 15) is 9.50 Å². The minimum Gasteiger partial charge on any atom is -0.490 e. The Morgan fingerprint density at radius 1 is 1.29 bits per heavy atom. The molecular formula is C14H19FO2. The Morgan fingerprint density at radius 3 is 2.59 bits per heavy atom. The summed E-state index contributed by atoms with van der Waals surface area (Å²) in [5.74, 6) is 0.173. The minimum absolute atomic E-state index is 0.223. The molecule has 1 fully saturated rings. The number of hydrogen-bond donors (Lipinski definition) is 1. The van der Waals surface area contributed by atoms with Crippen molar-refractivity contribution in [2.24, 2.45) is 0 Å². The molecule has 0 aromatic heterocycles. The van der Waals surface area contributed by atoms with Crippen LogP contribution in [-0.2, 0) is 0 Å². The maximum Gasteiger partial charge on any atom is 0.132 e. The molecule has 1 aromatic carbocycles. The standard InChI is InChI=1S/C14H19FO2/c1-10(16)13-8-7-12(9-14(13)15)17-11-5-3-2-4-6-11/h7-11,16H,2-6H2,1H3/t10-/m0/s1. The number of benzene rings is 1. The molecule has 0 aliphatic heterocycles. The first kappa shape index (κ1) is 12.4. The molecule has 0 heterocycles. The van der Waals surface area contributed by atoms with Crippen LogP contribution in [0, 0.1) is 5.82 Å². The molecule has 1 saturated carbocycles. The van der Waals surface area contributed by atoms with Gasteiger partial charge in [0.15, 0.2) is 0 Å². The second-order valence-corrected chi connectivity index (χ2v) is 4.74. The van der Waals surface area contributed by atoms with Gasteiger partial charge in [0.25, 0.3) is 0 Å². The molecule has 0 amide bonds. The van der Waals surface area contributed by atoms with Gasteiger partial charge in [0.2, 0.25) is 0 Å². The largest absolute Gasteiger partial charge is 0.490 e. The topological polar surface area (TPSA) is 29.5 Å². The van der Waals surface area contributed by atoms with Crippen molar-refractivity contribution in [3.05, 3.63) is 29.6 Å². The normalized spacial score (nSPS) is 19.0. The summed E-state index contributed by atoms with van der Waals surface area (Å²) in [5.41, 5.74) is 0.320. The molecule has 1 aromatic rings. The molecule has 0 radical (unpaired) electrons. The number of ether oxygens (including phenoxy) is 1. The molecule has 1 atom stereocenters. The second-order valence-electron chi connectivity index (χ2n) is 4.74. The Balaban J connectivity index is 2.04. The molecule has 0 bridgehead atoms. The average Bonchev–Trinajstić information content (AvgIpc) is 2.30. The van der Waals surface area contributed by atoms with E-state index >= 15 is 0 Å². The van der Waals surface area contributed by atoms with Crippen LogP contribution in [0.15, 0.2) is 18.2 Å². The van der Waals surface area contributed by atoms with Crippen LogP contribution in [0.2, 0.25) is 0 Å². The highest BCUT2D eigenvalue weighted by atomic mass is 19.1. The highest BCUT2D eigenvalue weighted by Gasteiger charge is 2.16. The van der Waals surface area contributed by atoms with E-state index in [4.69, 9.17) is 4.74 Å². The summed E-state index contributed by atoms with van der Waals surface area (Å²) in [6, 6.07) is 4.70. The van der Waals surface area contributed by atoms with Gasteiger partial charge in [-0.15, -0.1) is 0 Å². The fraction of sp³-hybridized carbons (Fsp3) is 0.571. The summed E-state index contributed by atoms with van der Waals surface area (Å²) >= 11 is 0. The monoisotopic (exact) mass is 238 g/mol. The third-order valence-corrected chi connectivity index (χ3v) is 3.28. The van der Waals surface area contributed by atoms with E-state index in [2.05, 4.69) is 0 Å². The Bertz CT molecular complexity index is 370. The van der Waals surface area contributed by atoms with Gasteiger partial charge in [0.1, 0.15) is 11.6 Å².